The highest BCUT2D eigenvalue weighted by molar-refractivity contribution is 9.09. The first-order chi connectivity index (χ1) is 10.3. The van der Waals surface area contributed by atoms with Crippen LogP contribution >= 0.6 is 27.7 Å². The predicted octanol–water partition coefficient (Wildman–Crippen LogP) is 4.75. The molecule has 0 amide bonds. The number of ether oxygens (including phenoxy) is 1. The van der Waals surface area contributed by atoms with Crippen LogP contribution in [0.2, 0.25) is 0 Å². The van der Waals surface area contributed by atoms with Crippen molar-refractivity contribution in [1.82, 2.24) is 4.98 Å². The summed E-state index contributed by atoms with van der Waals surface area (Å²) >= 11 is 5.30. The van der Waals surface area contributed by atoms with E-state index in [1.807, 2.05) is 23.9 Å². The summed E-state index contributed by atoms with van der Waals surface area (Å²) in [6, 6.07) is 4.02. The van der Waals surface area contributed by atoms with Crippen molar-refractivity contribution in [2.24, 2.45) is 0 Å². The summed E-state index contributed by atoms with van der Waals surface area (Å²) in [5, 5.41) is 1.27. The molecule has 1 unspecified atom stereocenters. The number of allylic oxidation sites excluding steroid dienone is 6. The first-order valence-corrected chi connectivity index (χ1v) is 9.27. The zero-order valence-electron chi connectivity index (χ0n) is 11.8. The second-order valence-electron chi connectivity index (χ2n) is 4.77. The van der Waals surface area contributed by atoms with Crippen molar-refractivity contribution < 1.29 is 4.74 Å². The Morgan fingerprint density at radius 2 is 2.38 bits per heavy atom. The molecule has 2 aliphatic rings. The summed E-state index contributed by atoms with van der Waals surface area (Å²) in [7, 11) is 0. The molecule has 1 atom stereocenters. The van der Waals surface area contributed by atoms with Gasteiger partial charge in [-0.1, -0.05) is 34.2 Å². The molecule has 0 spiro atoms. The molecule has 0 saturated carbocycles. The van der Waals surface area contributed by atoms with Crippen molar-refractivity contribution in [3.8, 4) is 5.88 Å². The van der Waals surface area contributed by atoms with Gasteiger partial charge in [0.1, 0.15) is 5.76 Å². The van der Waals surface area contributed by atoms with Crippen molar-refractivity contribution in [1.29, 1.82) is 0 Å². The Morgan fingerprint density at radius 3 is 3.19 bits per heavy atom. The maximum Gasteiger partial charge on any atom is 0.227 e. The van der Waals surface area contributed by atoms with E-state index in [2.05, 4.69) is 57.5 Å². The van der Waals surface area contributed by atoms with E-state index in [-0.39, 0.29) is 0 Å². The van der Waals surface area contributed by atoms with Gasteiger partial charge in [0.15, 0.2) is 0 Å². The van der Waals surface area contributed by atoms with Gasteiger partial charge in [0.05, 0.1) is 5.25 Å². The Labute approximate surface area is 137 Å². The third-order valence-electron chi connectivity index (χ3n) is 3.45. The predicted molar refractivity (Wildman–Crippen MR) is 93.9 cm³/mol. The summed E-state index contributed by atoms with van der Waals surface area (Å²) in [6.45, 7) is 0. The minimum absolute atomic E-state index is 0.326. The van der Waals surface area contributed by atoms with Crippen LogP contribution < -0.4 is 4.74 Å². The van der Waals surface area contributed by atoms with E-state index >= 15 is 0 Å². The van der Waals surface area contributed by atoms with Gasteiger partial charge < -0.3 is 4.74 Å². The number of thioether (sulfide) groups is 1. The molecular weight excluding hydrogens is 346 g/mol. The molecule has 108 valence electrons. The highest BCUT2D eigenvalue weighted by Gasteiger charge is 2.24. The van der Waals surface area contributed by atoms with Crippen LogP contribution in [0.15, 0.2) is 60.0 Å². The second-order valence-corrected chi connectivity index (χ2v) is 6.54. The van der Waals surface area contributed by atoms with E-state index in [1.165, 1.54) is 11.1 Å². The molecule has 1 aliphatic carbocycles. The average Bonchev–Trinajstić information content (AvgIpc) is 2.68. The lowest BCUT2D eigenvalue weighted by Crippen LogP contribution is -2.12. The lowest BCUT2D eigenvalue weighted by atomic mass is 9.99. The van der Waals surface area contributed by atoms with E-state index < -0.39 is 0 Å². The number of pyridine rings is 1. The van der Waals surface area contributed by atoms with Gasteiger partial charge in [-0.15, -0.1) is 0 Å². The molecule has 2 heterocycles. The molecule has 0 N–H and O–H groups in total. The number of rotatable bonds is 3. The van der Waals surface area contributed by atoms with Crippen LogP contribution in [-0.4, -0.2) is 21.8 Å². The van der Waals surface area contributed by atoms with Crippen LogP contribution in [0.25, 0.3) is 5.57 Å². The van der Waals surface area contributed by atoms with Gasteiger partial charge in [0.25, 0.3) is 0 Å². The fourth-order valence-corrected chi connectivity index (χ4v) is 3.37. The minimum Gasteiger partial charge on any atom is -0.438 e. The minimum atomic E-state index is 0.326. The summed E-state index contributed by atoms with van der Waals surface area (Å²) in [5.41, 5.74) is 3.45. The lowest BCUT2D eigenvalue weighted by Gasteiger charge is -2.19. The first kappa shape index (κ1) is 14.7. The lowest BCUT2D eigenvalue weighted by molar-refractivity contribution is 0.417. The van der Waals surface area contributed by atoms with Crippen molar-refractivity contribution in [3.05, 3.63) is 65.6 Å². The molecule has 1 aromatic rings. The number of hydrogen-bond donors (Lipinski definition) is 0. The summed E-state index contributed by atoms with van der Waals surface area (Å²) in [6.07, 6.45) is 15.6. The second kappa shape index (κ2) is 6.67. The van der Waals surface area contributed by atoms with Crippen LogP contribution in [0.4, 0.5) is 0 Å². The Hall–Kier alpha value is -1.26. The van der Waals surface area contributed by atoms with E-state index in [0.29, 0.717) is 11.1 Å². The highest BCUT2D eigenvalue weighted by Crippen LogP contribution is 2.38. The molecule has 0 aromatic carbocycles. The van der Waals surface area contributed by atoms with E-state index in [4.69, 9.17) is 4.74 Å². The monoisotopic (exact) mass is 361 g/mol. The van der Waals surface area contributed by atoms with Crippen molar-refractivity contribution in [3.63, 3.8) is 0 Å². The fraction of sp³-hybridized carbons (Fsp3) is 0.235. The van der Waals surface area contributed by atoms with Gasteiger partial charge in [-0.2, -0.15) is 11.8 Å². The third kappa shape index (κ3) is 3.01. The van der Waals surface area contributed by atoms with E-state index in [1.54, 1.807) is 6.20 Å². The molecule has 3 rings (SSSR count). The number of aromatic nitrogens is 1. The number of fused-ring (bicyclic) bond motifs is 2. The Balaban J connectivity index is 2.13. The van der Waals surface area contributed by atoms with Gasteiger partial charge >= 0.3 is 0 Å². The highest BCUT2D eigenvalue weighted by atomic mass is 79.9. The quantitative estimate of drug-likeness (QED) is 0.725. The van der Waals surface area contributed by atoms with Crippen LogP contribution in [0.3, 0.4) is 0 Å². The van der Waals surface area contributed by atoms with Crippen molar-refractivity contribution in [2.75, 3.05) is 11.6 Å². The fourth-order valence-electron chi connectivity index (χ4n) is 2.46. The van der Waals surface area contributed by atoms with Crippen molar-refractivity contribution >= 4 is 33.3 Å². The molecule has 0 fully saturated rings. The molecule has 1 aromatic heterocycles. The van der Waals surface area contributed by atoms with Crippen molar-refractivity contribution in [2.45, 2.75) is 11.7 Å². The Kier molecular flexibility index (Phi) is 4.66. The Bertz CT molecular complexity index is 661. The largest absolute Gasteiger partial charge is 0.438 e. The molecule has 21 heavy (non-hydrogen) atoms. The zero-order chi connectivity index (χ0) is 14.7. The van der Waals surface area contributed by atoms with Crippen LogP contribution in [0, 0.1) is 0 Å². The topological polar surface area (TPSA) is 22.1 Å². The van der Waals surface area contributed by atoms with Crippen LogP contribution in [-0.2, 0) is 0 Å². The van der Waals surface area contributed by atoms with Gasteiger partial charge in [-0.05, 0) is 42.5 Å². The summed E-state index contributed by atoms with van der Waals surface area (Å²) in [4.78, 5) is 4.40. The number of alkyl halides is 1. The molecule has 0 radical (unpaired) electrons. The third-order valence-corrected chi connectivity index (χ3v) is 4.83. The standard InChI is InChI=1S/C17H16BrNOS/c1-21-16-8-2-7-15-14(16)11-12(5-3-9-18)13-6-4-10-19-17(13)20-15/h2,4-8,10-11,16H,3,9H2,1H3. The maximum absolute atomic E-state index is 6.07. The Morgan fingerprint density at radius 1 is 1.48 bits per heavy atom. The SMILES string of the molecule is CSC1C=CC=C2Oc3ncccc3C(=CCCBr)C=C21. The molecular formula is C17H16BrNOS. The van der Waals surface area contributed by atoms with Crippen LogP contribution in [0.1, 0.15) is 12.0 Å². The summed E-state index contributed by atoms with van der Waals surface area (Å²) in [5.74, 6) is 1.59. The zero-order valence-corrected chi connectivity index (χ0v) is 14.2. The van der Waals surface area contributed by atoms with Gasteiger partial charge in [0.2, 0.25) is 5.88 Å². The number of hydrogen-bond acceptors (Lipinski definition) is 3. The smallest absolute Gasteiger partial charge is 0.227 e. The average molecular weight is 362 g/mol. The number of halogens is 1. The van der Waals surface area contributed by atoms with E-state index in [0.717, 1.165) is 23.1 Å². The molecule has 4 heteroatoms. The molecule has 0 saturated heterocycles. The van der Waals surface area contributed by atoms with Gasteiger partial charge in [0, 0.05) is 22.7 Å². The van der Waals surface area contributed by atoms with Crippen LogP contribution in [0.5, 0.6) is 5.88 Å². The molecule has 1 aliphatic heterocycles. The summed E-state index contributed by atoms with van der Waals surface area (Å²) < 4.78 is 6.07. The van der Waals surface area contributed by atoms with E-state index in [9.17, 15) is 0 Å². The maximum atomic E-state index is 6.07. The van der Waals surface area contributed by atoms with Gasteiger partial charge in [-0.25, -0.2) is 4.98 Å². The molecule has 0 bridgehead atoms. The normalized spacial score (nSPS) is 21.8. The molecule has 2 nitrogen and oxygen atoms in total. The van der Waals surface area contributed by atoms with Gasteiger partial charge in [-0.3, -0.25) is 0 Å². The number of nitrogens with zero attached hydrogens (tertiary/aromatic N) is 1. The first-order valence-electron chi connectivity index (χ1n) is 6.86.